The summed E-state index contributed by atoms with van der Waals surface area (Å²) in [6, 6.07) is 0. The molecule has 2 nitrogen and oxygen atoms in total. The highest BCUT2D eigenvalue weighted by molar-refractivity contribution is 7.43. The Morgan fingerprint density at radius 3 is 2.43 bits per heavy atom. The van der Waals surface area contributed by atoms with E-state index >= 15 is 0 Å². The smallest absolute Gasteiger partial charge is 0.127 e. The van der Waals surface area contributed by atoms with Crippen molar-refractivity contribution in [3.05, 3.63) is 23.8 Å². The molecule has 0 aliphatic heterocycles. The Hall–Kier alpha value is 0.00494. The lowest BCUT2D eigenvalue weighted by atomic mass is 9.99. The minimum atomic E-state index is -0.0685. The van der Waals surface area contributed by atoms with Crippen LogP contribution in [0.3, 0.4) is 0 Å². The van der Waals surface area contributed by atoms with Crippen molar-refractivity contribution in [1.29, 1.82) is 0 Å². The second-order valence-electron chi connectivity index (χ2n) is 3.92. The molecular weight excluding hydrogens is 209 g/mol. The van der Waals surface area contributed by atoms with Gasteiger partial charge in [0, 0.05) is 17.2 Å². The Bertz CT molecular complexity index is 295. The van der Waals surface area contributed by atoms with E-state index in [0.29, 0.717) is 5.92 Å². The quantitative estimate of drug-likeness (QED) is 0.576. The largest absolute Gasteiger partial charge is 0.257 e. The molecule has 0 spiro atoms. The maximum Gasteiger partial charge on any atom is 0.127 e. The van der Waals surface area contributed by atoms with E-state index in [4.69, 9.17) is 0 Å². The van der Waals surface area contributed by atoms with Crippen molar-refractivity contribution >= 4 is 26.3 Å². The van der Waals surface area contributed by atoms with Crippen LogP contribution in [0.4, 0.5) is 0 Å². The molecule has 1 aromatic rings. The van der Waals surface area contributed by atoms with Crippen LogP contribution in [0.15, 0.2) is 12.4 Å². The van der Waals surface area contributed by atoms with Gasteiger partial charge in [-0.1, -0.05) is 13.8 Å². The van der Waals surface area contributed by atoms with Crippen molar-refractivity contribution in [1.82, 2.24) is 9.97 Å². The Balaban J connectivity index is 2.89. The van der Waals surface area contributed by atoms with Crippen LogP contribution in [-0.2, 0) is 4.80 Å². The van der Waals surface area contributed by atoms with E-state index in [2.05, 4.69) is 50.1 Å². The molecule has 0 aliphatic rings. The number of aromatic nitrogens is 2. The zero-order chi connectivity index (χ0) is 10.8. The van der Waals surface area contributed by atoms with Gasteiger partial charge in [-0.15, -0.1) is 18.5 Å². The highest BCUT2D eigenvalue weighted by atomic mass is 31.1. The molecule has 0 aromatic carbocycles. The zero-order valence-corrected chi connectivity index (χ0v) is 11.3. The van der Waals surface area contributed by atoms with Crippen LogP contribution in [0.5, 0.6) is 0 Å². The lowest BCUT2D eigenvalue weighted by Crippen LogP contribution is -2.11. The molecule has 0 fully saturated rings. The summed E-state index contributed by atoms with van der Waals surface area (Å²) in [5, 5.41) is 0. The average Bonchev–Trinajstić information content (AvgIpc) is 2.15. The van der Waals surface area contributed by atoms with Crippen molar-refractivity contribution in [3.63, 3.8) is 0 Å². The Kier molecular flexibility index (Phi) is 4.04. The molecule has 0 amide bonds. The van der Waals surface area contributed by atoms with Gasteiger partial charge < -0.3 is 0 Å². The van der Waals surface area contributed by atoms with E-state index < -0.39 is 0 Å². The maximum absolute atomic E-state index is 4.43. The van der Waals surface area contributed by atoms with Crippen LogP contribution in [0.25, 0.3) is 0 Å². The van der Waals surface area contributed by atoms with E-state index in [1.807, 2.05) is 12.4 Å². The summed E-state index contributed by atoms with van der Waals surface area (Å²) >= 11 is 0. The van der Waals surface area contributed by atoms with Gasteiger partial charge in [0.1, 0.15) is 7.85 Å². The van der Waals surface area contributed by atoms with Gasteiger partial charge in [-0.25, -0.2) is 0 Å². The molecule has 0 radical (unpaired) electrons. The lowest BCUT2D eigenvalue weighted by Gasteiger charge is -2.17. The third-order valence-electron chi connectivity index (χ3n) is 2.34. The van der Waals surface area contributed by atoms with Gasteiger partial charge in [0.25, 0.3) is 0 Å². The highest BCUT2D eigenvalue weighted by Crippen LogP contribution is 2.33. The first-order valence-corrected chi connectivity index (χ1v) is 6.00. The summed E-state index contributed by atoms with van der Waals surface area (Å²) in [5.74, 6) is 0.497. The molecule has 0 N–H and O–H groups in total. The number of hydrogen-bond donors (Lipinski definition) is 0. The molecule has 1 heterocycles. The molecule has 1 rings (SSSR count). The van der Waals surface area contributed by atoms with E-state index in [-0.39, 0.29) is 4.80 Å². The van der Waals surface area contributed by atoms with E-state index in [1.54, 1.807) is 0 Å². The number of rotatable bonds is 3. The third kappa shape index (κ3) is 3.00. The first kappa shape index (κ1) is 12.1. The lowest BCUT2D eigenvalue weighted by molar-refractivity contribution is 0.700. The minimum Gasteiger partial charge on any atom is -0.257 e. The molecule has 76 valence electrons. The summed E-state index contributed by atoms with van der Waals surface area (Å²) in [4.78, 5) is 8.77. The first-order valence-electron chi connectivity index (χ1n) is 4.85. The van der Waals surface area contributed by atoms with Crippen LogP contribution in [-0.4, -0.2) is 17.8 Å². The standard InChI is InChI=1S/C9H17BN2P2/c1-3-6(2)7-4-12-8(5-11-7)9(10,13)14/h4-6H,3,10,13-14H2,1-2H3. The summed E-state index contributed by atoms with van der Waals surface area (Å²) < 4.78 is 0. The van der Waals surface area contributed by atoms with E-state index in [9.17, 15) is 0 Å². The number of hydrogen-bond acceptors (Lipinski definition) is 2. The topological polar surface area (TPSA) is 25.8 Å². The van der Waals surface area contributed by atoms with Gasteiger partial charge in [-0.3, -0.25) is 9.97 Å². The highest BCUT2D eigenvalue weighted by Gasteiger charge is 2.16. The molecule has 3 atom stereocenters. The Morgan fingerprint density at radius 2 is 2.07 bits per heavy atom. The summed E-state index contributed by atoms with van der Waals surface area (Å²) in [5.41, 5.74) is 2.06. The molecule has 1 aromatic heterocycles. The predicted molar refractivity (Wildman–Crippen MR) is 70.4 cm³/mol. The summed E-state index contributed by atoms with van der Waals surface area (Å²) in [7, 11) is 7.56. The van der Waals surface area contributed by atoms with Gasteiger partial charge in [0.2, 0.25) is 0 Å². The van der Waals surface area contributed by atoms with Gasteiger partial charge in [-0.05, 0) is 12.3 Å². The van der Waals surface area contributed by atoms with Gasteiger partial charge in [-0.2, -0.15) is 0 Å². The molecule has 5 heteroatoms. The molecule has 0 aliphatic carbocycles. The molecular formula is C9H17BN2P2. The Labute approximate surface area is 91.5 Å². The summed E-state index contributed by atoms with van der Waals surface area (Å²) in [6.45, 7) is 4.33. The van der Waals surface area contributed by atoms with Crippen molar-refractivity contribution in [2.45, 2.75) is 31.0 Å². The Morgan fingerprint density at radius 1 is 1.43 bits per heavy atom. The van der Waals surface area contributed by atoms with Crippen molar-refractivity contribution in [2.24, 2.45) is 0 Å². The van der Waals surface area contributed by atoms with Crippen LogP contribution >= 0.6 is 18.5 Å². The predicted octanol–water partition coefficient (Wildman–Crippen LogP) is 1.48. The SMILES string of the molecule is BC(P)(P)c1cnc(C(C)CC)cn1. The monoisotopic (exact) mass is 226 g/mol. The average molecular weight is 226 g/mol. The molecule has 0 saturated heterocycles. The summed E-state index contributed by atoms with van der Waals surface area (Å²) in [6.07, 6.45) is 4.85. The van der Waals surface area contributed by atoms with Crippen LogP contribution in [0, 0.1) is 0 Å². The van der Waals surface area contributed by atoms with Gasteiger partial charge >= 0.3 is 0 Å². The van der Waals surface area contributed by atoms with Crippen molar-refractivity contribution in [3.8, 4) is 0 Å². The fraction of sp³-hybridized carbons (Fsp3) is 0.556. The van der Waals surface area contributed by atoms with Crippen LogP contribution in [0.2, 0.25) is 0 Å². The van der Waals surface area contributed by atoms with Gasteiger partial charge in [0.05, 0.1) is 11.4 Å². The van der Waals surface area contributed by atoms with Crippen LogP contribution in [0.1, 0.15) is 37.6 Å². The molecule has 0 saturated carbocycles. The van der Waals surface area contributed by atoms with Gasteiger partial charge in [0.15, 0.2) is 0 Å². The van der Waals surface area contributed by atoms with Crippen LogP contribution < -0.4 is 0 Å². The minimum absolute atomic E-state index is 0.0685. The maximum atomic E-state index is 4.43. The molecule has 14 heavy (non-hydrogen) atoms. The second kappa shape index (κ2) is 4.68. The third-order valence-corrected chi connectivity index (χ3v) is 2.93. The fourth-order valence-corrected chi connectivity index (χ4v) is 1.38. The zero-order valence-electron chi connectivity index (χ0n) is 8.99. The molecule has 3 unspecified atom stereocenters. The second-order valence-corrected chi connectivity index (χ2v) is 6.98. The number of nitrogens with zero attached hydrogens (tertiary/aromatic N) is 2. The van der Waals surface area contributed by atoms with E-state index in [0.717, 1.165) is 17.8 Å². The normalized spacial score (nSPS) is 14.0. The molecule has 0 bridgehead atoms. The van der Waals surface area contributed by atoms with Crippen molar-refractivity contribution < 1.29 is 0 Å². The fourth-order valence-electron chi connectivity index (χ4n) is 1.08. The van der Waals surface area contributed by atoms with Crippen molar-refractivity contribution in [2.75, 3.05) is 0 Å². The van der Waals surface area contributed by atoms with E-state index in [1.165, 1.54) is 0 Å². The first-order chi connectivity index (χ1) is 6.45.